The minimum Gasteiger partial charge on any atom is -0.377 e. The zero-order valence-electron chi connectivity index (χ0n) is 14.8. The first-order valence-electron chi connectivity index (χ1n) is 8.47. The molecule has 1 aliphatic heterocycles. The number of alkyl halides is 3. The van der Waals surface area contributed by atoms with Crippen LogP contribution in [0.3, 0.4) is 0 Å². The third kappa shape index (κ3) is 3.54. The summed E-state index contributed by atoms with van der Waals surface area (Å²) in [5, 5.41) is 11.4. The van der Waals surface area contributed by atoms with Gasteiger partial charge in [-0.3, -0.25) is 9.89 Å². The lowest BCUT2D eigenvalue weighted by molar-refractivity contribution is -0.142. The summed E-state index contributed by atoms with van der Waals surface area (Å²) in [6, 6.07) is 1.00. The summed E-state index contributed by atoms with van der Waals surface area (Å²) in [5.41, 5.74) is 1.63. The number of morpholine rings is 1. The molecule has 1 amide bonds. The maximum absolute atomic E-state index is 13.1. The molecule has 0 radical (unpaired) electrons. The van der Waals surface area contributed by atoms with Crippen LogP contribution in [-0.2, 0) is 11.3 Å². The molecule has 0 bridgehead atoms. The zero-order chi connectivity index (χ0) is 19.9. The Balaban J connectivity index is 1.61. The van der Waals surface area contributed by atoms with Crippen molar-refractivity contribution in [1.29, 1.82) is 0 Å². The number of carbonyl (C=O) groups excluding carboxylic acids is 1. The number of aromatic amines is 1. The Morgan fingerprint density at radius 1 is 1.39 bits per heavy atom. The summed E-state index contributed by atoms with van der Waals surface area (Å²) in [4.78, 5) is 22.7. The average molecular weight is 395 g/mol. The fourth-order valence-electron chi connectivity index (χ4n) is 3.08. The molecule has 1 atom stereocenters. The van der Waals surface area contributed by atoms with Gasteiger partial charge in [-0.1, -0.05) is 0 Å². The van der Waals surface area contributed by atoms with E-state index in [1.165, 1.54) is 11.1 Å². The van der Waals surface area contributed by atoms with Gasteiger partial charge in [0.25, 0.3) is 5.91 Å². The quantitative estimate of drug-likeness (QED) is 0.723. The molecule has 148 valence electrons. The molecule has 1 saturated heterocycles. The van der Waals surface area contributed by atoms with Crippen molar-refractivity contribution >= 4 is 16.9 Å². The molecule has 1 aliphatic rings. The Bertz CT molecular complexity index is 1010. The van der Waals surface area contributed by atoms with Crippen LogP contribution < -0.4 is 0 Å². The number of aryl methyl sites for hydroxylation is 1. The molecule has 0 aliphatic carbocycles. The number of nitrogens with one attached hydrogen (secondary N) is 1. The van der Waals surface area contributed by atoms with E-state index in [0.717, 1.165) is 17.4 Å². The molecule has 4 heterocycles. The maximum Gasteiger partial charge on any atom is 0.408 e. The van der Waals surface area contributed by atoms with E-state index in [2.05, 4.69) is 25.3 Å². The number of pyridine rings is 1. The Hall–Kier alpha value is -3.02. The lowest BCUT2D eigenvalue weighted by Crippen LogP contribution is -2.44. The van der Waals surface area contributed by atoms with Crippen molar-refractivity contribution in [2.24, 2.45) is 0 Å². The molecule has 12 heteroatoms. The molecule has 3 aromatic heterocycles. The van der Waals surface area contributed by atoms with Crippen LogP contribution in [0.2, 0.25) is 0 Å². The highest BCUT2D eigenvalue weighted by Crippen LogP contribution is 2.25. The van der Waals surface area contributed by atoms with Crippen molar-refractivity contribution in [2.45, 2.75) is 25.7 Å². The van der Waals surface area contributed by atoms with Gasteiger partial charge in [0, 0.05) is 23.8 Å². The molecule has 1 fully saturated rings. The van der Waals surface area contributed by atoms with Crippen LogP contribution in [0, 0.1) is 6.92 Å². The molecule has 1 N–H and O–H groups in total. The summed E-state index contributed by atoms with van der Waals surface area (Å²) in [7, 11) is 0. The molecule has 3 aromatic rings. The van der Waals surface area contributed by atoms with E-state index in [4.69, 9.17) is 4.74 Å². The Kier molecular flexibility index (Phi) is 4.49. The van der Waals surface area contributed by atoms with E-state index in [-0.39, 0.29) is 24.9 Å². The molecule has 0 spiro atoms. The van der Waals surface area contributed by atoms with Crippen LogP contribution >= 0.6 is 0 Å². The molecular formula is C16H16F3N7O2. The third-order valence-corrected chi connectivity index (χ3v) is 4.43. The maximum atomic E-state index is 13.1. The second kappa shape index (κ2) is 6.86. The summed E-state index contributed by atoms with van der Waals surface area (Å²) >= 11 is 0. The third-order valence-electron chi connectivity index (χ3n) is 4.43. The number of halogens is 3. The Morgan fingerprint density at radius 3 is 3.00 bits per heavy atom. The van der Waals surface area contributed by atoms with Crippen LogP contribution in [-0.4, -0.2) is 66.7 Å². The fourth-order valence-corrected chi connectivity index (χ4v) is 3.08. The second-order valence-corrected chi connectivity index (χ2v) is 6.45. The molecule has 0 aromatic carbocycles. The van der Waals surface area contributed by atoms with Crippen LogP contribution in [0.4, 0.5) is 13.2 Å². The van der Waals surface area contributed by atoms with Gasteiger partial charge in [-0.05, 0) is 13.0 Å². The van der Waals surface area contributed by atoms with E-state index in [1.54, 1.807) is 6.07 Å². The number of hydrogen-bond acceptors (Lipinski definition) is 6. The van der Waals surface area contributed by atoms with Crippen molar-refractivity contribution in [3.63, 3.8) is 0 Å². The number of ether oxygens (including phenoxy) is 1. The molecule has 0 saturated carbocycles. The summed E-state index contributed by atoms with van der Waals surface area (Å²) in [6.45, 7) is 1.25. The van der Waals surface area contributed by atoms with Gasteiger partial charge in [0.1, 0.15) is 18.9 Å². The molecule has 1 unspecified atom stereocenters. The van der Waals surface area contributed by atoms with Crippen LogP contribution in [0.1, 0.15) is 27.9 Å². The first kappa shape index (κ1) is 18.3. The molecule has 9 nitrogen and oxygen atoms in total. The van der Waals surface area contributed by atoms with Crippen molar-refractivity contribution in [2.75, 3.05) is 19.8 Å². The van der Waals surface area contributed by atoms with Gasteiger partial charge in [-0.15, -0.1) is 0 Å². The lowest BCUT2D eigenvalue weighted by Gasteiger charge is -2.33. The van der Waals surface area contributed by atoms with Crippen LogP contribution in [0.5, 0.6) is 0 Å². The average Bonchev–Trinajstić information content (AvgIpc) is 3.26. The van der Waals surface area contributed by atoms with Crippen molar-refractivity contribution < 1.29 is 22.7 Å². The van der Waals surface area contributed by atoms with Gasteiger partial charge in [-0.25, -0.2) is 14.6 Å². The van der Waals surface area contributed by atoms with Crippen molar-refractivity contribution in [3.05, 3.63) is 35.7 Å². The number of fused-ring (bicyclic) bond motifs is 1. The first-order chi connectivity index (χ1) is 13.3. The van der Waals surface area contributed by atoms with E-state index in [0.29, 0.717) is 22.5 Å². The Morgan fingerprint density at radius 2 is 2.21 bits per heavy atom. The van der Waals surface area contributed by atoms with E-state index < -0.39 is 18.8 Å². The van der Waals surface area contributed by atoms with Gasteiger partial charge in [0.15, 0.2) is 11.5 Å². The van der Waals surface area contributed by atoms with E-state index >= 15 is 0 Å². The highest BCUT2D eigenvalue weighted by molar-refractivity contribution is 5.97. The van der Waals surface area contributed by atoms with Gasteiger partial charge in [-0.2, -0.15) is 23.4 Å². The monoisotopic (exact) mass is 395 g/mol. The predicted octanol–water partition coefficient (Wildman–Crippen LogP) is 1.63. The lowest BCUT2D eigenvalue weighted by atomic mass is 10.1. The van der Waals surface area contributed by atoms with Gasteiger partial charge < -0.3 is 9.64 Å². The molecule has 4 rings (SSSR count). The van der Waals surface area contributed by atoms with Crippen LogP contribution in [0.25, 0.3) is 11.0 Å². The SMILES string of the molecule is Cc1[nH]nc2ncc(C(=O)N3CCOCC3c3ncn(CC(F)(F)F)n3)cc12. The minimum atomic E-state index is -4.41. The largest absolute Gasteiger partial charge is 0.408 e. The summed E-state index contributed by atoms with van der Waals surface area (Å²) in [6.07, 6.45) is -1.98. The fraction of sp³-hybridized carbons (Fsp3) is 0.438. The molecule has 28 heavy (non-hydrogen) atoms. The van der Waals surface area contributed by atoms with E-state index in [1.807, 2.05) is 6.92 Å². The van der Waals surface area contributed by atoms with Crippen LogP contribution in [0.15, 0.2) is 18.6 Å². The number of rotatable bonds is 3. The Labute approximate surface area is 156 Å². The van der Waals surface area contributed by atoms with Crippen molar-refractivity contribution in [1.82, 2.24) is 34.8 Å². The number of nitrogens with zero attached hydrogens (tertiary/aromatic N) is 6. The number of carbonyl (C=O) groups is 1. The number of aromatic nitrogens is 6. The highest BCUT2D eigenvalue weighted by atomic mass is 19.4. The summed E-state index contributed by atoms with van der Waals surface area (Å²) in [5.74, 6) is -0.221. The number of amides is 1. The predicted molar refractivity (Wildman–Crippen MR) is 89.3 cm³/mol. The normalized spacial score (nSPS) is 18.0. The molecular weight excluding hydrogens is 379 g/mol. The number of H-pyrrole nitrogens is 1. The van der Waals surface area contributed by atoms with Gasteiger partial charge >= 0.3 is 6.18 Å². The minimum absolute atomic E-state index is 0.0994. The first-order valence-corrected chi connectivity index (χ1v) is 8.47. The number of hydrogen-bond donors (Lipinski definition) is 1. The van der Waals surface area contributed by atoms with Gasteiger partial charge in [0.05, 0.1) is 18.8 Å². The van der Waals surface area contributed by atoms with E-state index in [9.17, 15) is 18.0 Å². The standard InChI is InChI=1S/C16H16F3N7O2/c1-9-11-4-10(5-20-13(11)23-22-9)15(27)26-2-3-28-6-12(26)14-21-8-25(24-14)7-16(17,18)19/h4-5,8,12H,2-3,6-7H2,1H3,(H,20,22,23). The topological polar surface area (TPSA) is 102 Å². The second-order valence-electron chi connectivity index (χ2n) is 6.45. The van der Waals surface area contributed by atoms with Crippen molar-refractivity contribution in [3.8, 4) is 0 Å². The van der Waals surface area contributed by atoms with Gasteiger partial charge in [0.2, 0.25) is 0 Å². The zero-order valence-corrected chi connectivity index (χ0v) is 14.8. The summed E-state index contributed by atoms with van der Waals surface area (Å²) < 4.78 is 43.8. The highest BCUT2D eigenvalue weighted by Gasteiger charge is 2.34. The smallest absolute Gasteiger partial charge is 0.377 e.